The number of nitrogens with one attached hydrogen (secondary N) is 1. The fourth-order valence-electron chi connectivity index (χ4n) is 2.06. The van der Waals surface area contributed by atoms with Crippen molar-refractivity contribution in [3.05, 3.63) is 0 Å². The van der Waals surface area contributed by atoms with Crippen molar-refractivity contribution in [2.45, 2.75) is 37.7 Å². The summed E-state index contributed by atoms with van der Waals surface area (Å²) < 4.78 is 0. The lowest BCUT2D eigenvalue weighted by Gasteiger charge is -2.22. The van der Waals surface area contributed by atoms with E-state index in [1.54, 1.807) is 6.92 Å². The number of rotatable bonds is 5. The maximum absolute atomic E-state index is 11.3. The maximum Gasteiger partial charge on any atom is 0.146 e. The van der Waals surface area contributed by atoms with Crippen molar-refractivity contribution in [3.63, 3.8) is 0 Å². The van der Waals surface area contributed by atoms with Crippen LogP contribution in [0.25, 0.3) is 0 Å². The summed E-state index contributed by atoms with van der Waals surface area (Å²) in [6.07, 6.45) is -0.0380. The number of aliphatic hydroxyl groups excluding tert-OH is 1. The standard InChI is InChI=1S/C10H21N3O2S/c1-6(14)9-3-7(4-13(9)2)12-10(15)8(11)5-16/h7-10,12,15-16H,3-5,11H2,1-2H3/t7-,8?,9+,10?/m1/s1. The van der Waals surface area contributed by atoms with E-state index in [0.717, 1.165) is 13.0 Å². The molecule has 0 amide bonds. The Morgan fingerprint density at radius 1 is 1.75 bits per heavy atom. The molecule has 0 radical (unpaired) electrons. The largest absolute Gasteiger partial charge is 0.377 e. The number of hydrogen-bond acceptors (Lipinski definition) is 6. The molecule has 1 aliphatic heterocycles. The van der Waals surface area contributed by atoms with Crippen molar-refractivity contribution < 1.29 is 9.90 Å². The number of likely N-dealkylation sites (tertiary alicyclic amines) is 1. The zero-order valence-electron chi connectivity index (χ0n) is 9.76. The molecule has 4 N–H and O–H groups in total. The number of aliphatic hydroxyl groups is 1. The van der Waals surface area contributed by atoms with Crippen LogP contribution in [0.2, 0.25) is 0 Å². The number of likely N-dealkylation sites (N-methyl/N-ethyl adjacent to an activating group) is 1. The minimum Gasteiger partial charge on any atom is -0.377 e. The molecule has 1 fully saturated rings. The summed E-state index contributed by atoms with van der Waals surface area (Å²) in [5.74, 6) is 0.590. The van der Waals surface area contributed by atoms with Crippen LogP contribution in [0.15, 0.2) is 0 Å². The zero-order chi connectivity index (χ0) is 12.3. The van der Waals surface area contributed by atoms with Gasteiger partial charge in [-0.1, -0.05) is 0 Å². The van der Waals surface area contributed by atoms with Crippen LogP contribution in [0.4, 0.5) is 0 Å². The first-order valence-corrected chi connectivity index (χ1v) is 6.10. The van der Waals surface area contributed by atoms with Gasteiger partial charge in [0.2, 0.25) is 0 Å². The highest BCUT2D eigenvalue weighted by Gasteiger charge is 2.33. The van der Waals surface area contributed by atoms with Crippen molar-refractivity contribution >= 4 is 18.4 Å². The van der Waals surface area contributed by atoms with E-state index in [1.807, 2.05) is 11.9 Å². The Morgan fingerprint density at radius 2 is 2.38 bits per heavy atom. The molecule has 1 saturated heterocycles. The van der Waals surface area contributed by atoms with Crippen LogP contribution < -0.4 is 11.1 Å². The van der Waals surface area contributed by atoms with Crippen LogP contribution in [-0.4, -0.2) is 59.5 Å². The van der Waals surface area contributed by atoms with E-state index in [2.05, 4.69) is 17.9 Å². The number of nitrogens with zero attached hydrogens (tertiary/aromatic N) is 1. The molecule has 0 aromatic rings. The highest BCUT2D eigenvalue weighted by molar-refractivity contribution is 7.80. The van der Waals surface area contributed by atoms with Crippen molar-refractivity contribution in [2.75, 3.05) is 19.3 Å². The minimum absolute atomic E-state index is 0.0445. The van der Waals surface area contributed by atoms with Crippen molar-refractivity contribution in [1.29, 1.82) is 0 Å². The van der Waals surface area contributed by atoms with Gasteiger partial charge in [0.15, 0.2) is 0 Å². The molecule has 16 heavy (non-hydrogen) atoms. The van der Waals surface area contributed by atoms with Crippen molar-refractivity contribution in [3.8, 4) is 0 Å². The molecule has 0 bridgehead atoms. The van der Waals surface area contributed by atoms with Gasteiger partial charge in [0.05, 0.1) is 12.1 Å². The Labute approximate surface area is 102 Å². The van der Waals surface area contributed by atoms with Gasteiger partial charge in [-0.05, 0) is 20.4 Å². The smallest absolute Gasteiger partial charge is 0.146 e. The number of carbonyl (C=O) groups is 1. The highest BCUT2D eigenvalue weighted by Crippen LogP contribution is 2.17. The maximum atomic E-state index is 11.3. The fraction of sp³-hybridized carbons (Fsp3) is 0.900. The van der Waals surface area contributed by atoms with Gasteiger partial charge in [0.1, 0.15) is 12.0 Å². The summed E-state index contributed by atoms with van der Waals surface area (Å²) in [7, 11) is 1.92. The van der Waals surface area contributed by atoms with Crippen LogP contribution in [0.1, 0.15) is 13.3 Å². The number of ketones is 1. The lowest BCUT2D eigenvalue weighted by Crippen LogP contribution is -2.50. The van der Waals surface area contributed by atoms with Gasteiger partial charge < -0.3 is 10.8 Å². The molecular weight excluding hydrogens is 226 g/mol. The van der Waals surface area contributed by atoms with E-state index >= 15 is 0 Å². The predicted octanol–water partition coefficient (Wildman–Crippen LogP) is -1.19. The van der Waals surface area contributed by atoms with Crippen LogP contribution in [0.3, 0.4) is 0 Å². The molecule has 0 aromatic heterocycles. The van der Waals surface area contributed by atoms with E-state index < -0.39 is 6.23 Å². The van der Waals surface area contributed by atoms with Crippen molar-refractivity contribution in [1.82, 2.24) is 10.2 Å². The molecule has 0 spiro atoms. The number of carbonyl (C=O) groups excluding carboxylic acids is 1. The van der Waals surface area contributed by atoms with Crippen LogP contribution in [0, 0.1) is 0 Å². The quantitative estimate of drug-likeness (QED) is 0.363. The predicted molar refractivity (Wildman–Crippen MR) is 66.5 cm³/mol. The van der Waals surface area contributed by atoms with E-state index in [4.69, 9.17) is 5.73 Å². The summed E-state index contributed by atoms with van der Waals surface area (Å²) in [5, 5.41) is 12.7. The van der Waals surface area contributed by atoms with Gasteiger partial charge in [-0.15, -0.1) is 0 Å². The number of nitrogens with two attached hydrogens (primary N) is 1. The van der Waals surface area contributed by atoms with Crippen LogP contribution in [-0.2, 0) is 4.79 Å². The molecule has 4 atom stereocenters. The normalized spacial score (nSPS) is 30.3. The Bertz CT molecular complexity index is 252. The SMILES string of the molecule is CC(=O)[C@@H]1C[C@@H](NC(O)C(N)CS)CN1C. The fourth-order valence-corrected chi connectivity index (χ4v) is 2.26. The third-order valence-electron chi connectivity index (χ3n) is 3.04. The average Bonchev–Trinajstić information content (AvgIpc) is 2.58. The number of thiol groups is 1. The average molecular weight is 247 g/mol. The van der Waals surface area contributed by atoms with Gasteiger partial charge >= 0.3 is 0 Å². The number of Topliss-reactive ketones (excluding diaryl/α,β-unsaturated/α-hetero) is 1. The van der Waals surface area contributed by atoms with E-state index in [9.17, 15) is 9.90 Å². The van der Waals surface area contributed by atoms with Crippen LogP contribution in [0.5, 0.6) is 0 Å². The van der Waals surface area contributed by atoms with Gasteiger partial charge in [-0.3, -0.25) is 15.0 Å². The van der Waals surface area contributed by atoms with Crippen molar-refractivity contribution in [2.24, 2.45) is 5.73 Å². The molecule has 5 nitrogen and oxygen atoms in total. The monoisotopic (exact) mass is 247 g/mol. The summed E-state index contributed by atoms with van der Waals surface area (Å²) >= 11 is 4.03. The first kappa shape index (κ1) is 13.9. The zero-order valence-corrected chi connectivity index (χ0v) is 10.7. The van der Waals surface area contributed by atoms with E-state index in [-0.39, 0.29) is 23.9 Å². The van der Waals surface area contributed by atoms with Gasteiger partial charge in [-0.2, -0.15) is 12.6 Å². The minimum atomic E-state index is -0.762. The molecule has 6 heteroatoms. The first-order valence-electron chi connectivity index (χ1n) is 5.47. The first-order chi connectivity index (χ1) is 7.45. The summed E-state index contributed by atoms with van der Waals surface area (Å²) in [6, 6.07) is -0.318. The Kier molecular flexibility index (Phi) is 5.20. The lowest BCUT2D eigenvalue weighted by molar-refractivity contribution is -0.120. The molecule has 0 saturated carbocycles. The van der Waals surface area contributed by atoms with Gasteiger partial charge in [-0.25, -0.2) is 0 Å². The van der Waals surface area contributed by atoms with Gasteiger partial charge in [0.25, 0.3) is 0 Å². The molecule has 0 aliphatic carbocycles. The highest BCUT2D eigenvalue weighted by atomic mass is 32.1. The van der Waals surface area contributed by atoms with E-state index in [0.29, 0.717) is 5.75 Å². The van der Waals surface area contributed by atoms with E-state index in [1.165, 1.54) is 0 Å². The van der Waals surface area contributed by atoms with Crippen LogP contribution >= 0.6 is 12.6 Å². The molecule has 1 aliphatic rings. The molecule has 1 rings (SSSR count). The van der Waals surface area contributed by atoms with Gasteiger partial charge in [0, 0.05) is 18.3 Å². The number of hydrogen-bond donors (Lipinski definition) is 4. The summed E-state index contributed by atoms with van der Waals surface area (Å²) in [4.78, 5) is 13.3. The third-order valence-corrected chi connectivity index (χ3v) is 3.46. The second kappa shape index (κ2) is 5.97. The Hall–Kier alpha value is -0.140. The Morgan fingerprint density at radius 3 is 2.81 bits per heavy atom. The summed E-state index contributed by atoms with van der Waals surface area (Å²) in [5.41, 5.74) is 5.65. The second-order valence-electron chi connectivity index (χ2n) is 4.46. The molecule has 94 valence electrons. The topological polar surface area (TPSA) is 78.6 Å². The Balaban J connectivity index is 2.44. The second-order valence-corrected chi connectivity index (χ2v) is 4.82. The molecule has 1 heterocycles. The molecule has 0 aromatic carbocycles. The lowest BCUT2D eigenvalue weighted by atomic mass is 10.1. The molecule has 2 unspecified atom stereocenters. The molecular formula is C10H21N3O2S. The summed E-state index contributed by atoms with van der Waals surface area (Å²) in [6.45, 7) is 2.35. The third kappa shape index (κ3) is 3.43.